The van der Waals surface area contributed by atoms with Gasteiger partial charge >= 0.3 is 12.0 Å². The van der Waals surface area contributed by atoms with E-state index in [1.807, 2.05) is 16.7 Å². The lowest BCUT2D eigenvalue weighted by molar-refractivity contribution is -0.149. The topological polar surface area (TPSA) is 73.6 Å². The standard InChI is InChI=1S/C23H31N3O3/c1-3-17-5-7-19(8-6-17)20-13-21(22(27)29-4-2)16-26(15-20)23(28)25-11-9-18(14-24)10-12-25/h5-8,18,20-21H,3-4,9-13,15-16H2,1-2H3. The van der Waals surface area contributed by atoms with Crippen LogP contribution in [0, 0.1) is 23.2 Å². The molecule has 2 saturated heterocycles. The van der Waals surface area contributed by atoms with Gasteiger partial charge in [-0.1, -0.05) is 31.2 Å². The Labute approximate surface area is 173 Å². The second-order valence-corrected chi connectivity index (χ2v) is 8.05. The lowest BCUT2D eigenvalue weighted by atomic mass is 9.84. The molecular formula is C23H31N3O3. The number of rotatable bonds is 4. The van der Waals surface area contributed by atoms with Crippen LogP contribution >= 0.6 is 0 Å². The summed E-state index contributed by atoms with van der Waals surface area (Å²) in [4.78, 5) is 29.3. The fourth-order valence-electron chi connectivity index (χ4n) is 4.35. The highest BCUT2D eigenvalue weighted by Crippen LogP contribution is 2.32. The SMILES string of the molecule is CCOC(=O)C1CC(c2ccc(CC)cc2)CN(C(=O)N2CCC(C#N)CC2)C1. The van der Waals surface area contributed by atoms with Crippen LogP contribution in [0.4, 0.5) is 4.79 Å². The Balaban J connectivity index is 1.75. The van der Waals surface area contributed by atoms with Crippen LogP contribution in [-0.4, -0.2) is 54.6 Å². The first-order valence-corrected chi connectivity index (χ1v) is 10.7. The highest BCUT2D eigenvalue weighted by molar-refractivity contribution is 5.78. The summed E-state index contributed by atoms with van der Waals surface area (Å²) < 4.78 is 5.28. The van der Waals surface area contributed by atoms with Gasteiger partial charge in [-0.2, -0.15) is 5.26 Å². The minimum Gasteiger partial charge on any atom is -0.466 e. The molecule has 0 spiro atoms. The van der Waals surface area contributed by atoms with Crippen molar-refractivity contribution in [2.75, 3.05) is 32.8 Å². The maximum atomic E-state index is 13.2. The van der Waals surface area contributed by atoms with E-state index < -0.39 is 0 Å². The molecule has 0 aliphatic carbocycles. The van der Waals surface area contributed by atoms with Crippen molar-refractivity contribution in [3.63, 3.8) is 0 Å². The Hall–Kier alpha value is -2.55. The number of nitrogens with zero attached hydrogens (tertiary/aromatic N) is 3. The van der Waals surface area contributed by atoms with E-state index >= 15 is 0 Å². The largest absolute Gasteiger partial charge is 0.466 e. The zero-order valence-corrected chi connectivity index (χ0v) is 17.5. The molecule has 0 aromatic heterocycles. The molecule has 1 aromatic rings. The van der Waals surface area contributed by atoms with Gasteiger partial charge in [0.1, 0.15) is 0 Å². The monoisotopic (exact) mass is 397 g/mol. The van der Waals surface area contributed by atoms with Crippen LogP contribution in [0.15, 0.2) is 24.3 Å². The van der Waals surface area contributed by atoms with E-state index in [2.05, 4.69) is 37.3 Å². The normalized spacial score (nSPS) is 22.8. The van der Waals surface area contributed by atoms with Gasteiger partial charge in [0.2, 0.25) is 0 Å². The summed E-state index contributed by atoms with van der Waals surface area (Å²) in [6, 6.07) is 10.8. The highest BCUT2D eigenvalue weighted by Gasteiger charge is 2.37. The van der Waals surface area contributed by atoms with E-state index in [-0.39, 0.29) is 29.8 Å². The minimum absolute atomic E-state index is 0.0226. The molecule has 2 unspecified atom stereocenters. The van der Waals surface area contributed by atoms with Crippen LogP contribution in [0.1, 0.15) is 50.2 Å². The summed E-state index contributed by atoms with van der Waals surface area (Å²) in [5.41, 5.74) is 2.44. The minimum atomic E-state index is -0.305. The number of hydrogen-bond acceptors (Lipinski definition) is 4. The molecule has 6 nitrogen and oxygen atoms in total. The third kappa shape index (κ3) is 5.09. The summed E-state index contributed by atoms with van der Waals surface area (Å²) in [5.74, 6) is -0.370. The maximum Gasteiger partial charge on any atom is 0.320 e. The van der Waals surface area contributed by atoms with Crippen LogP contribution in [0.2, 0.25) is 0 Å². The van der Waals surface area contributed by atoms with Crippen molar-refractivity contribution in [3.05, 3.63) is 35.4 Å². The highest BCUT2D eigenvalue weighted by atomic mass is 16.5. The lowest BCUT2D eigenvalue weighted by Gasteiger charge is -2.40. The van der Waals surface area contributed by atoms with Gasteiger partial charge < -0.3 is 14.5 Å². The van der Waals surface area contributed by atoms with Gasteiger partial charge in [-0.05, 0) is 43.7 Å². The Bertz CT molecular complexity index is 748. The van der Waals surface area contributed by atoms with Crippen molar-refractivity contribution in [1.82, 2.24) is 9.80 Å². The van der Waals surface area contributed by atoms with Crippen molar-refractivity contribution >= 4 is 12.0 Å². The number of carbonyl (C=O) groups excluding carboxylic acids is 2. The van der Waals surface area contributed by atoms with E-state index in [4.69, 9.17) is 10.00 Å². The summed E-state index contributed by atoms with van der Waals surface area (Å²) in [7, 11) is 0. The Kier molecular flexibility index (Phi) is 7.13. The van der Waals surface area contributed by atoms with Crippen LogP contribution in [0.3, 0.4) is 0 Å². The number of aryl methyl sites for hydroxylation is 1. The molecule has 2 amide bonds. The van der Waals surface area contributed by atoms with Gasteiger partial charge in [-0.3, -0.25) is 4.79 Å². The number of ether oxygens (including phenoxy) is 1. The van der Waals surface area contributed by atoms with Crippen LogP contribution in [0.5, 0.6) is 0 Å². The Morgan fingerprint density at radius 1 is 1.10 bits per heavy atom. The molecule has 156 valence electrons. The zero-order valence-electron chi connectivity index (χ0n) is 17.5. The molecule has 2 aliphatic heterocycles. The number of piperidine rings is 2. The predicted molar refractivity (Wildman–Crippen MR) is 110 cm³/mol. The van der Waals surface area contributed by atoms with Crippen molar-refractivity contribution in [1.29, 1.82) is 5.26 Å². The Morgan fingerprint density at radius 3 is 2.38 bits per heavy atom. The summed E-state index contributed by atoms with van der Waals surface area (Å²) in [5, 5.41) is 9.09. The first-order valence-electron chi connectivity index (χ1n) is 10.7. The third-order valence-electron chi connectivity index (χ3n) is 6.15. The number of benzene rings is 1. The van der Waals surface area contributed by atoms with Crippen LogP contribution in [0.25, 0.3) is 0 Å². The maximum absolute atomic E-state index is 13.2. The average Bonchev–Trinajstić information content (AvgIpc) is 2.78. The van der Waals surface area contributed by atoms with Gasteiger partial charge in [0.25, 0.3) is 0 Å². The van der Waals surface area contributed by atoms with Gasteiger partial charge in [-0.25, -0.2) is 4.79 Å². The number of urea groups is 1. The average molecular weight is 398 g/mol. The number of carbonyl (C=O) groups is 2. The van der Waals surface area contributed by atoms with E-state index in [1.165, 1.54) is 5.56 Å². The van der Waals surface area contributed by atoms with E-state index in [0.29, 0.717) is 39.2 Å². The summed E-state index contributed by atoms with van der Waals surface area (Å²) in [6.45, 7) is 6.51. The molecule has 0 saturated carbocycles. The predicted octanol–water partition coefficient (Wildman–Crippen LogP) is 3.57. The number of amides is 2. The second-order valence-electron chi connectivity index (χ2n) is 8.05. The number of esters is 1. The second kappa shape index (κ2) is 9.78. The quantitative estimate of drug-likeness (QED) is 0.728. The van der Waals surface area contributed by atoms with E-state index in [9.17, 15) is 9.59 Å². The van der Waals surface area contributed by atoms with Gasteiger partial charge in [-0.15, -0.1) is 0 Å². The molecule has 6 heteroatoms. The summed E-state index contributed by atoms with van der Waals surface area (Å²) in [6.07, 6.45) is 3.13. The van der Waals surface area contributed by atoms with Gasteiger partial charge in [0.15, 0.2) is 0 Å². The van der Waals surface area contributed by atoms with Crippen LogP contribution < -0.4 is 0 Å². The van der Waals surface area contributed by atoms with Crippen molar-refractivity contribution < 1.29 is 14.3 Å². The molecule has 0 N–H and O–H groups in total. The first-order chi connectivity index (χ1) is 14.0. The lowest BCUT2D eigenvalue weighted by Crippen LogP contribution is -2.52. The molecule has 2 aliphatic rings. The molecule has 0 bridgehead atoms. The van der Waals surface area contributed by atoms with Crippen molar-refractivity contribution in [2.45, 2.75) is 45.4 Å². The number of likely N-dealkylation sites (tertiary alicyclic amines) is 2. The molecule has 29 heavy (non-hydrogen) atoms. The molecule has 1 aromatic carbocycles. The van der Waals surface area contributed by atoms with Crippen LogP contribution in [-0.2, 0) is 16.0 Å². The molecule has 2 atom stereocenters. The molecule has 2 fully saturated rings. The summed E-state index contributed by atoms with van der Waals surface area (Å²) >= 11 is 0. The smallest absolute Gasteiger partial charge is 0.320 e. The zero-order chi connectivity index (χ0) is 20.8. The molecule has 2 heterocycles. The first kappa shape index (κ1) is 21.2. The van der Waals surface area contributed by atoms with Gasteiger partial charge in [0.05, 0.1) is 18.6 Å². The number of hydrogen-bond donors (Lipinski definition) is 0. The number of nitriles is 1. The molecule has 3 rings (SSSR count). The van der Waals surface area contributed by atoms with Crippen molar-refractivity contribution in [3.8, 4) is 6.07 Å². The third-order valence-corrected chi connectivity index (χ3v) is 6.15. The fourth-order valence-corrected chi connectivity index (χ4v) is 4.35. The fraction of sp³-hybridized carbons (Fsp3) is 0.609. The van der Waals surface area contributed by atoms with Crippen molar-refractivity contribution in [2.24, 2.45) is 11.8 Å². The van der Waals surface area contributed by atoms with E-state index in [1.54, 1.807) is 0 Å². The van der Waals surface area contributed by atoms with Gasteiger partial charge in [0, 0.05) is 38.0 Å². The molecule has 0 radical (unpaired) electrons. The Morgan fingerprint density at radius 2 is 1.79 bits per heavy atom. The molecular weight excluding hydrogens is 366 g/mol. The van der Waals surface area contributed by atoms with E-state index in [0.717, 1.165) is 24.8 Å².